The van der Waals surface area contributed by atoms with Crippen LogP contribution in [-0.4, -0.2) is 40.8 Å². The fraction of sp³-hybridized carbons (Fsp3) is 0.190. The lowest BCUT2D eigenvalue weighted by Crippen LogP contribution is -2.27. The number of fused-ring (bicyclic) bond motifs is 1. The number of amides is 2. The third-order valence-electron chi connectivity index (χ3n) is 4.80. The predicted molar refractivity (Wildman–Crippen MR) is 120 cm³/mol. The molecule has 4 rings (SSSR count). The summed E-state index contributed by atoms with van der Waals surface area (Å²) in [7, 11) is 1.20. The summed E-state index contributed by atoms with van der Waals surface area (Å²) >= 11 is 6.93. The van der Waals surface area contributed by atoms with Crippen molar-refractivity contribution in [2.75, 3.05) is 13.9 Å². The van der Waals surface area contributed by atoms with E-state index >= 15 is 0 Å². The van der Waals surface area contributed by atoms with Crippen LogP contribution in [0.25, 0.3) is 6.08 Å². The van der Waals surface area contributed by atoms with Gasteiger partial charge < -0.3 is 18.9 Å². The molecule has 13 heteroatoms. The van der Waals surface area contributed by atoms with Crippen molar-refractivity contribution < 1.29 is 38.3 Å². The normalized spacial score (nSPS) is 15.7. The Hall–Kier alpha value is -3.77. The number of benzene rings is 2. The summed E-state index contributed by atoms with van der Waals surface area (Å²) in [6, 6.07) is 5.73. The van der Waals surface area contributed by atoms with Crippen LogP contribution in [0, 0.1) is 10.1 Å². The number of imide groups is 1. The van der Waals surface area contributed by atoms with Gasteiger partial charge in [-0.3, -0.25) is 29.4 Å². The van der Waals surface area contributed by atoms with Crippen LogP contribution in [0.1, 0.15) is 18.1 Å². The van der Waals surface area contributed by atoms with Crippen molar-refractivity contribution in [1.82, 2.24) is 4.90 Å². The molecule has 2 amide bonds. The van der Waals surface area contributed by atoms with Crippen molar-refractivity contribution in [3.05, 3.63) is 55.4 Å². The van der Waals surface area contributed by atoms with E-state index in [0.717, 1.165) is 11.8 Å². The highest BCUT2D eigenvalue weighted by Crippen LogP contribution is 2.43. The smallest absolute Gasteiger partial charge is 0.353 e. The van der Waals surface area contributed by atoms with Crippen LogP contribution in [0.2, 0.25) is 5.02 Å². The fourth-order valence-electron chi connectivity index (χ4n) is 3.34. The molecule has 1 fully saturated rings. The number of nitrogens with zero attached hydrogens (tertiary/aromatic N) is 2. The maximum atomic E-state index is 13.0. The number of halogens is 1. The van der Waals surface area contributed by atoms with Gasteiger partial charge in [0.15, 0.2) is 11.5 Å². The quantitative estimate of drug-likeness (QED) is 0.185. The molecule has 11 nitrogen and oxygen atoms in total. The number of ether oxygens (including phenoxy) is 4. The van der Waals surface area contributed by atoms with E-state index in [9.17, 15) is 24.5 Å². The van der Waals surface area contributed by atoms with Crippen molar-refractivity contribution in [3.63, 3.8) is 0 Å². The third-order valence-corrected chi connectivity index (χ3v) is 6.05. The zero-order chi connectivity index (χ0) is 24.6. The number of methoxy groups -OCH3 is 1. The fourth-order valence-corrected chi connectivity index (χ4v) is 4.38. The van der Waals surface area contributed by atoms with E-state index in [1.165, 1.54) is 25.3 Å². The van der Waals surface area contributed by atoms with Gasteiger partial charge in [-0.1, -0.05) is 11.6 Å². The second-order valence-corrected chi connectivity index (χ2v) is 8.35. The summed E-state index contributed by atoms with van der Waals surface area (Å²) in [6.45, 7) is 1.04. The Morgan fingerprint density at radius 1 is 1.29 bits per heavy atom. The monoisotopic (exact) mass is 506 g/mol. The summed E-state index contributed by atoms with van der Waals surface area (Å²) in [5, 5.41) is 11.4. The Labute approximate surface area is 201 Å². The Bertz CT molecular complexity index is 1280. The molecule has 0 atom stereocenters. The van der Waals surface area contributed by atoms with E-state index in [4.69, 9.17) is 30.5 Å². The molecule has 0 spiro atoms. The molecule has 2 heterocycles. The van der Waals surface area contributed by atoms with E-state index in [0.29, 0.717) is 33.8 Å². The lowest BCUT2D eigenvalue weighted by molar-refractivity contribution is -0.386. The minimum atomic E-state index is -0.762. The maximum absolute atomic E-state index is 13.0. The van der Waals surface area contributed by atoms with Crippen LogP contribution in [0.15, 0.2) is 29.2 Å². The van der Waals surface area contributed by atoms with E-state index in [-0.39, 0.29) is 35.3 Å². The van der Waals surface area contributed by atoms with Gasteiger partial charge in [0.2, 0.25) is 18.3 Å². The van der Waals surface area contributed by atoms with Gasteiger partial charge in [0.25, 0.3) is 11.1 Å². The molecule has 0 aromatic heterocycles. The van der Waals surface area contributed by atoms with Crippen LogP contribution >= 0.6 is 23.4 Å². The molecule has 176 valence electrons. The first-order chi connectivity index (χ1) is 16.2. The van der Waals surface area contributed by atoms with Gasteiger partial charge >= 0.3 is 11.7 Å². The third kappa shape index (κ3) is 4.37. The highest BCUT2D eigenvalue weighted by Gasteiger charge is 2.36. The maximum Gasteiger partial charge on any atom is 0.353 e. The van der Waals surface area contributed by atoms with E-state index in [2.05, 4.69) is 0 Å². The van der Waals surface area contributed by atoms with Gasteiger partial charge in [0.1, 0.15) is 0 Å². The Morgan fingerprint density at radius 3 is 2.65 bits per heavy atom. The van der Waals surface area contributed by atoms with Crippen molar-refractivity contribution in [1.29, 1.82) is 0 Å². The SMILES string of the molecule is COc1c(/C=C2\SC(=O)N(Cc3cc4c(cc3Cl)OCO4)C2=O)ccc(OC(C)=O)c1[N+](=O)[O-]. The van der Waals surface area contributed by atoms with E-state index in [1.54, 1.807) is 12.1 Å². The minimum absolute atomic E-state index is 0.0229. The number of nitro benzene ring substituents is 1. The summed E-state index contributed by atoms with van der Waals surface area (Å²) in [4.78, 5) is 48.7. The molecule has 0 saturated carbocycles. The highest BCUT2D eigenvalue weighted by molar-refractivity contribution is 8.18. The van der Waals surface area contributed by atoms with Crippen molar-refractivity contribution in [2.24, 2.45) is 0 Å². The molecule has 0 bridgehead atoms. The molecule has 0 radical (unpaired) electrons. The Balaban J connectivity index is 1.65. The average Bonchev–Trinajstić information content (AvgIpc) is 3.32. The van der Waals surface area contributed by atoms with Gasteiger partial charge in [-0.15, -0.1) is 0 Å². The van der Waals surface area contributed by atoms with Crippen LogP contribution in [0.4, 0.5) is 10.5 Å². The molecule has 2 aliphatic rings. The van der Waals surface area contributed by atoms with Crippen LogP contribution in [0.5, 0.6) is 23.0 Å². The van der Waals surface area contributed by atoms with Crippen molar-refractivity contribution in [3.8, 4) is 23.0 Å². The first kappa shape index (κ1) is 23.4. The van der Waals surface area contributed by atoms with E-state index < -0.39 is 27.7 Å². The van der Waals surface area contributed by atoms with Crippen molar-refractivity contribution in [2.45, 2.75) is 13.5 Å². The zero-order valence-corrected chi connectivity index (χ0v) is 19.2. The van der Waals surface area contributed by atoms with Gasteiger partial charge in [-0.25, -0.2) is 0 Å². The Morgan fingerprint density at radius 2 is 2.00 bits per heavy atom. The van der Waals surface area contributed by atoms with Gasteiger partial charge in [-0.2, -0.15) is 0 Å². The number of thioether (sulfide) groups is 1. The van der Waals surface area contributed by atoms with Gasteiger partial charge in [0.05, 0.1) is 23.5 Å². The zero-order valence-electron chi connectivity index (χ0n) is 17.7. The lowest BCUT2D eigenvalue weighted by atomic mass is 10.1. The molecule has 2 aliphatic heterocycles. The molecule has 0 N–H and O–H groups in total. The first-order valence-electron chi connectivity index (χ1n) is 9.56. The number of hydrogen-bond acceptors (Lipinski definition) is 10. The summed E-state index contributed by atoms with van der Waals surface area (Å²) in [5.41, 5.74) is 0.0444. The van der Waals surface area contributed by atoms with Crippen LogP contribution < -0.4 is 18.9 Å². The molecule has 2 aromatic carbocycles. The van der Waals surface area contributed by atoms with Crippen LogP contribution in [-0.2, 0) is 16.1 Å². The first-order valence-corrected chi connectivity index (χ1v) is 10.8. The number of esters is 1. The second-order valence-electron chi connectivity index (χ2n) is 6.95. The highest BCUT2D eigenvalue weighted by atomic mass is 35.5. The standard InChI is InChI=1S/C21H15ClN2O9S/c1-10(25)33-14-4-3-11(19(30-2)18(14)24(28)29)6-17-20(26)23(21(27)34-17)8-12-5-15-16(7-13(12)22)32-9-31-15/h3-7H,8-9H2,1-2H3/b17-6-. The second kappa shape index (κ2) is 9.23. The summed E-state index contributed by atoms with van der Waals surface area (Å²) in [5.74, 6) is -0.981. The number of rotatable bonds is 6. The summed E-state index contributed by atoms with van der Waals surface area (Å²) in [6.07, 6.45) is 1.30. The number of carbonyl (C=O) groups excluding carboxylic acids is 3. The topological polar surface area (TPSA) is 135 Å². The number of hydrogen-bond donors (Lipinski definition) is 0. The largest absolute Gasteiger partial charge is 0.490 e. The average molecular weight is 507 g/mol. The molecular formula is C21H15ClN2O9S. The van der Waals surface area contributed by atoms with Crippen LogP contribution in [0.3, 0.4) is 0 Å². The Kier molecular flexibility index (Phi) is 6.35. The predicted octanol–water partition coefficient (Wildman–Crippen LogP) is 4.15. The molecule has 0 aliphatic carbocycles. The molecule has 34 heavy (non-hydrogen) atoms. The van der Waals surface area contributed by atoms with Gasteiger partial charge in [0, 0.05) is 23.6 Å². The number of nitro groups is 1. The van der Waals surface area contributed by atoms with Crippen molar-refractivity contribution >= 4 is 52.2 Å². The minimum Gasteiger partial charge on any atom is -0.490 e. The lowest BCUT2D eigenvalue weighted by Gasteiger charge is -2.14. The van der Waals surface area contributed by atoms with Gasteiger partial charge in [-0.05, 0) is 41.6 Å². The molecule has 1 saturated heterocycles. The van der Waals surface area contributed by atoms with E-state index in [1.807, 2.05) is 0 Å². The summed E-state index contributed by atoms with van der Waals surface area (Å²) < 4.78 is 20.6. The molecule has 0 unspecified atom stereocenters. The molecule has 2 aromatic rings. The molecular weight excluding hydrogens is 492 g/mol. The number of carbonyl (C=O) groups is 3.